The molecule has 9 heteroatoms. The van der Waals surface area contributed by atoms with E-state index in [1.165, 1.54) is 19.1 Å². The Hall–Kier alpha value is -3.85. The fourth-order valence-electron chi connectivity index (χ4n) is 4.37. The summed E-state index contributed by atoms with van der Waals surface area (Å²) in [4.78, 5) is 38.6. The maximum Gasteiger partial charge on any atom is 0.303 e. The van der Waals surface area contributed by atoms with Crippen LogP contribution in [-0.2, 0) is 24.1 Å². The van der Waals surface area contributed by atoms with E-state index in [-0.39, 0.29) is 48.6 Å². The van der Waals surface area contributed by atoms with Crippen molar-refractivity contribution in [2.24, 2.45) is 0 Å². The molecule has 1 unspecified atom stereocenters. The highest BCUT2D eigenvalue weighted by Crippen LogP contribution is 2.33. The number of hydrogen-bond donors (Lipinski definition) is 4. The van der Waals surface area contributed by atoms with Crippen molar-refractivity contribution in [3.8, 4) is 17.2 Å². The van der Waals surface area contributed by atoms with Crippen molar-refractivity contribution < 1.29 is 34.4 Å². The number of pyridine rings is 1. The quantitative estimate of drug-likeness (QED) is 0.229. The van der Waals surface area contributed by atoms with Crippen molar-refractivity contribution >= 4 is 22.7 Å². The number of aromatic amines is 1. The lowest BCUT2D eigenvalue weighted by Crippen LogP contribution is -2.25. The molecule has 0 aliphatic heterocycles. The average Bonchev–Trinajstić information content (AvgIpc) is 2.87. The van der Waals surface area contributed by atoms with Crippen LogP contribution >= 0.6 is 0 Å². The molecule has 0 saturated heterocycles. The predicted molar refractivity (Wildman–Crippen MR) is 144 cm³/mol. The van der Waals surface area contributed by atoms with E-state index in [2.05, 4.69) is 4.98 Å². The number of aliphatic hydroxyl groups is 1. The maximum atomic E-state index is 12.7. The lowest BCUT2D eigenvalue weighted by atomic mass is 10.0. The van der Waals surface area contributed by atoms with Gasteiger partial charge in [-0.05, 0) is 50.5 Å². The van der Waals surface area contributed by atoms with Crippen molar-refractivity contribution in [1.29, 1.82) is 0 Å². The number of aliphatic hydroxyl groups excluding tert-OH is 1. The van der Waals surface area contributed by atoms with Gasteiger partial charge in [0.15, 0.2) is 11.2 Å². The van der Waals surface area contributed by atoms with E-state index < -0.39 is 12.1 Å². The zero-order valence-electron chi connectivity index (χ0n) is 22.0. The SMILES string of the molecule is CCCc1c(OCC(O)COc2ccc3c(=O)cc(CCC(=O)O)[nH]c3c2CCC)ccc(C(C)=O)c1O. The second-order valence-corrected chi connectivity index (χ2v) is 9.29. The zero-order chi connectivity index (χ0) is 27.8. The molecule has 0 amide bonds. The number of benzene rings is 2. The summed E-state index contributed by atoms with van der Waals surface area (Å²) in [6.07, 6.45) is 1.75. The van der Waals surface area contributed by atoms with E-state index in [9.17, 15) is 24.6 Å². The number of aliphatic carboxylic acids is 1. The van der Waals surface area contributed by atoms with E-state index in [4.69, 9.17) is 14.6 Å². The van der Waals surface area contributed by atoms with Crippen LogP contribution in [0.2, 0.25) is 0 Å². The largest absolute Gasteiger partial charge is 0.507 e. The first-order valence-electron chi connectivity index (χ1n) is 12.8. The molecule has 3 aromatic rings. The van der Waals surface area contributed by atoms with Gasteiger partial charge in [-0.2, -0.15) is 0 Å². The van der Waals surface area contributed by atoms with E-state index in [0.717, 1.165) is 18.4 Å². The number of nitrogens with one attached hydrogen (secondary N) is 1. The topological polar surface area (TPSA) is 146 Å². The van der Waals surface area contributed by atoms with Crippen LogP contribution in [0.5, 0.6) is 17.2 Å². The van der Waals surface area contributed by atoms with Crippen LogP contribution in [0.4, 0.5) is 0 Å². The molecule has 0 radical (unpaired) electrons. The van der Waals surface area contributed by atoms with Gasteiger partial charge in [-0.15, -0.1) is 0 Å². The summed E-state index contributed by atoms with van der Waals surface area (Å²) in [5.74, 6) is -0.371. The number of H-pyrrole nitrogens is 1. The number of fused-ring (bicyclic) bond motifs is 1. The molecule has 0 saturated carbocycles. The highest BCUT2D eigenvalue weighted by Gasteiger charge is 2.18. The van der Waals surface area contributed by atoms with Crippen LogP contribution in [0.25, 0.3) is 10.9 Å². The fourth-order valence-corrected chi connectivity index (χ4v) is 4.37. The number of hydrogen-bond acceptors (Lipinski definition) is 7. The monoisotopic (exact) mass is 525 g/mol. The molecule has 0 fully saturated rings. The first kappa shape index (κ1) is 28.7. The molecule has 1 heterocycles. The van der Waals surface area contributed by atoms with Gasteiger partial charge in [0.1, 0.15) is 36.6 Å². The highest BCUT2D eigenvalue weighted by atomic mass is 16.5. The van der Waals surface area contributed by atoms with Crippen LogP contribution in [0.1, 0.15) is 67.2 Å². The molecule has 1 atom stereocenters. The van der Waals surface area contributed by atoms with Gasteiger partial charge in [-0.25, -0.2) is 0 Å². The average molecular weight is 526 g/mol. The number of aromatic nitrogens is 1. The number of carbonyl (C=O) groups is 2. The number of carbonyl (C=O) groups excluding carboxylic acids is 1. The predicted octanol–water partition coefficient (Wildman–Crippen LogP) is 4.18. The van der Waals surface area contributed by atoms with Crippen molar-refractivity contribution in [3.63, 3.8) is 0 Å². The first-order valence-corrected chi connectivity index (χ1v) is 12.8. The summed E-state index contributed by atoms with van der Waals surface area (Å²) >= 11 is 0. The standard InChI is InChI=1S/C29H35NO8/c1-4-6-22-25(12-10-21-24(33)14-18(30-28(21)22)8-13-27(34)35)37-15-19(32)16-38-26-11-9-20(17(3)31)29(36)23(26)7-5-2/h9-12,14,19,32,36H,4-8,13,15-16H2,1-3H3,(H,30,33)(H,34,35). The molecule has 0 spiro atoms. The van der Waals surface area contributed by atoms with Crippen LogP contribution in [0, 0.1) is 0 Å². The molecule has 4 N–H and O–H groups in total. The third-order valence-electron chi connectivity index (χ3n) is 6.22. The number of ketones is 1. The summed E-state index contributed by atoms with van der Waals surface area (Å²) in [6.45, 7) is 5.16. The number of phenols is 1. The fraction of sp³-hybridized carbons (Fsp3) is 0.414. The Morgan fingerprint density at radius 3 is 2.16 bits per heavy atom. The Labute approximate surface area is 221 Å². The van der Waals surface area contributed by atoms with E-state index in [0.29, 0.717) is 46.5 Å². The highest BCUT2D eigenvalue weighted by molar-refractivity contribution is 5.97. The number of rotatable bonds is 14. The summed E-state index contributed by atoms with van der Waals surface area (Å²) in [5.41, 5.74) is 2.48. The smallest absolute Gasteiger partial charge is 0.303 e. The second-order valence-electron chi connectivity index (χ2n) is 9.29. The molecule has 0 aliphatic carbocycles. The third-order valence-corrected chi connectivity index (χ3v) is 6.22. The van der Waals surface area contributed by atoms with E-state index >= 15 is 0 Å². The molecule has 0 bridgehead atoms. The Bertz CT molecular complexity index is 1360. The van der Waals surface area contributed by atoms with Crippen molar-refractivity contribution in [2.45, 2.75) is 65.4 Å². The number of carboxylic acid groups (broad SMARTS) is 1. The van der Waals surface area contributed by atoms with Gasteiger partial charge in [0.2, 0.25) is 0 Å². The van der Waals surface area contributed by atoms with Gasteiger partial charge in [0, 0.05) is 28.3 Å². The molecular weight excluding hydrogens is 490 g/mol. The van der Waals surface area contributed by atoms with Crippen LogP contribution < -0.4 is 14.9 Å². The Morgan fingerprint density at radius 1 is 0.947 bits per heavy atom. The summed E-state index contributed by atoms with van der Waals surface area (Å²) < 4.78 is 11.7. The number of phenolic OH excluding ortho intramolecular Hbond substituents is 1. The summed E-state index contributed by atoms with van der Waals surface area (Å²) in [7, 11) is 0. The molecule has 0 aliphatic rings. The summed E-state index contributed by atoms with van der Waals surface area (Å²) in [6, 6.07) is 7.91. The Morgan fingerprint density at radius 2 is 1.55 bits per heavy atom. The lowest BCUT2D eigenvalue weighted by molar-refractivity contribution is -0.136. The number of ether oxygens (including phenoxy) is 2. The van der Waals surface area contributed by atoms with Gasteiger partial charge < -0.3 is 29.8 Å². The molecule has 204 valence electrons. The van der Waals surface area contributed by atoms with Gasteiger partial charge in [0.25, 0.3) is 0 Å². The van der Waals surface area contributed by atoms with Crippen molar-refractivity contribution in [2.75, 3.05) is 13.2 Å². The zero-order valence-corrected chi connectivity index (χ0v) is 22.0. The van der Waals surface area contributed by atoms with Crippen LogP contribution in [0.3, 0.4) is 0 Å². The number of aryl methyl sites for hydroxylation is 2. The number of carboxylic acids is 1. The first-order chi connectivity index (χ1) is 18.2. The molecular formula is C29H35NO8. The van der Waals surface area contributed by atoms with E-state index in [1.807, 2.05) is 13.8 Å². The minimum Gasteiger partial charge on any atom is -0.507 e. The molecule has 38 heavy (non-hydrogen) atoms. The third kappa shape index (κ3) is 6.92. The molecule has 9 nitrogen and oxygen atoms in total. The minimum absolute atomic E-state index is 0.0776. The van der Waals surface area contributed by atoms with E-state index in [1.54, 1.807) is 18.2 Å². The number of aromatic hydroxyl groups is 1. The maximum absolute atomic E-state index is 12.7. The Kier molecular flexibility index (Phi) is 9.90. The minimum atomic E-state index is -0.995. The molecule has 2 aromatic carbocycles. The second kappa shape index (κ2) is 13.1. The van der Waals surface area contributed by atoms with Gasteiger partial charge >= 0.3 is 5.97 Å². The normalized spacial score (nSPS) is 11.9. The van der Waals surface area contributed by atoms with Gasteiger partial charge in [0.05, 0.1) is 17.5 Å². The van der Waals surface area contributed by atoms with Crippen LogP contribution in [-0.4, -0.2) is 51.4 Å². The Balaban J connectivity index is 1.77. The molecule has 1 aromatic heterocycles. The van der Waals surface area contributed by atoms with Crippen LogP contribution in [0.15, 0.2) is 35.1 Å². The van der Waals surface area contributed by atoms with Crippen molar-refractivity contribution in [1.82, 2.24) is 4.98 Å². The number of Topliss-reactive ketones (excluding diaryl/α,β-unsaturated/α-hetero) is 1. The molecule has 3 rings (SSSR count). The van der Waals surface area contributed by atoms with Gasteiger partial charge in [-0.1, -0.05) is 26.7 Å². The summed E-state index contributed by atoms with van der Waals surface area (Å²) in [5, 5.41) is 30.6. The van der Waals surface area contributed by atoms with Gasteiger partial charge in [-0.3, -0.25) is 14.4 Å². The lowest BCUT2D eigenvalue weighted by Gasteiger charge is -2.19. The van der Waals surface area contributed by atoms with Crippen molar-refractivity contribution in [3.05, 3.63) is 62.9 Å².